The van der Waals surface area contributed by atoms with Crippen molar-refractivity contribution >= 4 is 34.2 Å². The Morgan fingerprint density at radius 3 is 2.71 bits per heavy atom. The van der Waals surface area contributed by atoms with Crippen molar-refractivity contribution in [3.8, 4) is 6.07 Å². The molecule has 0 fully saturated rings. The second-order valence-electron chi connectivity index (χ2n) is 5.27. The molecule has 0 aliphatic heterocycles. The van der Waals surface area contributed by atoms with Gasteiger partial charge in [-0.3, -0.25) is 4.79 Å². The van der Waals surface area contributed by atoms with E-state index in [0.717, 1.165) is 9.13 Å². The molecule has 0 bridgehead atoms. The van der Waals surface area contributed by atoms with Crippen LogP contribution in [0.4, 0.5) is 5.69 Å². The van der Waals surface area contributed by atoms with Crippen LogP contribution in [-0.2, 0) is 4.79 Å². The molecule has 21 heavy (non-hydrogen) atoms. The van der Waals surface area contributed by atoms with Crippen LogP contribution in [0.3, 0.4) is 0 Å². The van der Waals surface area contributed by atoms with Gasteiger partial charge in [0, 0.05) is 15.5 Å². The second-order valence-corrected chi connectivity index (χ2v) is 6.52. The highest BCUT2D eigenvalue weighted by atomic mass is 127. The number of benzene rings is 1. The maximum Gasteiger partial charge on any atom is 0.267 e. The van der Waals surface area contributed by atoms with Gasteiger partial charge in [0.25, 0.3) is 5.91 Å². The van der Waals surface area contributed by atoms with Crippen molar-refractivity contribution in [2.45, 2.75) is 26.3 Å². The minimum absolute atomic E-state index is 0.0468. The molecule has 1 rings (SSSR count). The second kappa shape index (κ2) is 7.43. The first-order valence-electron chi connectivity index (χ1n) is 6.35. The molecular formula is C15H18IN3O2. The van der Waals surface area contributed by atoms with Crippen molar-refractivity contribution in [3.63, 3.8) is 0 Å². The Labute approximate surface area is 138 Å². The summed E-state index contributed by atoms with van der Waals surface area (Å²) in [6, 6.07) is 7.48. The van der Waals surface area contributed by atoms with E-state index in [1.807, 2.05) is 25.1 Å². The zero-order valence-electron chi connectivity index (χ0n) is 12.2. The van der Waals surface area contributed by atoms with Gasteiger partial charge in [0.15, 0.2) is 0 Å². The van der Waals surface area contributed by atoms with E-state index in [4.69, 9.17) is 10.4 Å². The SMILES string of the molecule is Cc1cc(I)ccc1NC(=O)/C(C#N)=C\NC(C)(C)CO. The van der Waals surface area contributed by atoms with Gasteiger partial charge in [0.2, 0.25) is 0 Å². The van der Waals surface area contributed by atoms with Crippen molar-refractivity contribution in [2.24, 2.45) is 0 Å². The number of carbonyl (C=O) groups excluding carboxylic acids is 1. The summed E-state index contributed by atoms with van der Waals surface area (Å²) in [6.07, 6.45) is 1.33. The molecule has 3 N–H and O–H groups in total. The summed E-state index contributed by atoms with van der Waals surface area (Å²) in [4.78, 5) is 12.1. The maximum absolute atomic E-state index is 12.1. The molecule has 1 aromatic carbocycles. The number of nitrogens with one attached hydrogen (secondary N) is 2. The largest absolute Gasteiger partial charge is 0.394 e. The number of nitriles is 1. The average molecular weight is 399 g/mol. The molecule has 112 valence electrons. The Kier molecular flexibility index (Phi) is 6.18. The highest BCUT2D eigenvalue weighted by Gasteiger charge is 2.16. The van der Waals surface area contributed by atoms with E-state index < -0.39 is 11.4 Å². The van der Waals surface area contributed by atoms with Gasteiger partial charge >= 0.3 is 0 Å². The molecule has 1 aromatic rings. The summed E-state index contributed by atoms with van der Waals surface area (Å²) < 4.78 is 1.07. The lowest BCUT2D eigenvalue weighted by Gasteiger charge is -2.22. The molecule has 0 aliphatic rings. The number of halogens is 1. The zero-order chi connectivity index (χ0) is 16.0. The molecule has 0 saturated carbocycles. The molecule has 0 unspecified atom stereocenters. The monoisotopic (exact) mass is 399 g/mol. The van der Waals surface area contributed by atoms with E-state index >= 15 is 0 Å². The van der Waals surface area contributed by atoms with Crippen LogP contribution in [0.15, 0.2) is 30.0 Å². The molecule has 6 heteroatoms. The molecule has 0 aliphatic carbocycles. The number of aryl methyl sites for hydroxylation is 1. The minimum Gasteiger partial charge on any atom is -0.394 e. The number of anilines is 1. The molecule has 5 nitrogen and oxygen atoms in total. The fourth-order valence-corrected chi connectivity index (χ4v) is 2.07. The van der Waals surface area contributed by atoms with Gasteiger partial charge in [-0.25, -0.2) is 0 Å². The number of aliphatic hydroxyl groups is 1. The quantitative estimate of drug-likeness (QED) is 0.403. The Bertz CT molecular complexity index is 603. The number of aliphatic hydroxyl groups excluding tert-OH is 1. The molecule has 0 heterocycles. The van der Waals surface area contributed by atoms with E-state index in [0.29, 0.717) is 5.69 Å². The lowest BCUT2D eigenvalue weighted by molar-refractivity contribution is -0.112. The third kappa shape index (κ3) is 5.36. The Morgan fingerprint density at radius 2 is 2.19 bits per heavy atom. The van der Waals surface area contributed by atoms with Crippen molar-refractivity contribution in [3.05, 3.63) is 39.1 Å². The van der Waals surface area contributed by atoms with Crippen molar-refractivity contribution in [1.82, 2.24) is 5.32 Å². The number of hydrogen-bond acceptors (Lipinski definition) is 4. The first-order valence-corrected chi connectivity index (χ1v) is 7.43. The lowest BCUT2D eigenvalue weighted by atomic mass is 10.1. The van der Waals surface area contributed by atoms with Crippen LogP contribution in [0, 0.1) is 21.8 Å². The third-order valence-electron chi connectivity index (χ3n) is 2.80. The molecule has 0 aromatic heterocycles. The van der Waals surface area contributed by atoms with Gasteiger partial charge in [0.05, 0.1) is 12.1 Å². The predicted molar refractivity (Wildman–Crippen MR) is 90.5 cm³/mol. The van der Waals surface area contributed by atoms with Crippen LogP contribution < -0.4 is 10.6 Å². The summed E-state index contributed by atoms with van der Waals surface area (Å²) in [7, 11) is 0. The number of hydrogen-bond donors (Lipinski definition) is 3. The van der Waals surface area contributed by atoms with Crippen LogP contribution in [0.1, 0.15) is 19.4 Å². The van der Waals surface area contributed by atoms with Crippen LogP contribution in [0.5, 0.6) is 0 Å². The summed E-state index contributed by atoms with van der Waals surface area (Å²) in [5.74, 6) is -0.483. The molecule has 0 atom stereocenters. The number of amides is 1. The fraction of sp³-hybridized carbons (Fsp3) is 0.333. The van der Waals surface area contributed by atoms with Crippen LogP contribution in [0.2, 0.25) is 0 Å². The van der Waals surface area contributed by atoms with E-state index in [2.05, 4.69) is 33.2 Å². The van der Waals surface area contributed by atoms with Gasteiger partial charge in [-0.2, -0.15) is 5.26 Å². The van der Waals surface area contributed by atoms with E-state index in [-0.39, 0.29) is 12.2 Å². The predicted octanol–water partition coefficient (Wildman–Crippen LogP) is 2.31. The average Bonchev–Trinajstić information content (AvgIpc) is 2.42. The Balaban J connectivity index is 2.85. The Hall–Kier alpha value is -1.59. The van der Waals surface area contributed by atoms with Gasteiger partial charge in [-0.05, 0) is 67.1 Å². The topological polar surface area (TPSA) is 85.2 Å². The normalized spacial score (nSPS) is 11.7. The zero-order valence-corrected chi connectivity index (χ0v) is 14.4. The lowest BCUT2D eigenvalue weighted by Crippen LogP contribution is -2.39. The first-order chi connectivity index (χ1) is 9.79. The molecule has 0 radical (unpaired) electrons. The van der Waals surface area contributed by atoms with Crippen molar-refractivity contribution < 1.29 is 9.90 Å². The number of nitrogens with zero attached hydrogens (tertiary/aromatic N) is 1. The summed E-state index contributed by atoms with van der Waals surface area (Å²) in [5, 5.41) is 23.8. The fourth-order valence-electron chi connectivity index (χ4n) is 1.42. The molecule has 0 saturated heterocycles. The highest BCUT2D eigenvalue weighted by Crippen LogP contribution is 2.18. The number of rotatable bonds is 5. The minimum atomic E-state index is -0.596. The van der Waals surface area contributed by atoms with Crippen LogP contribution in [0.25, 0.3) is 0 Å². The summed E-state index contributed by atoms with van der Waals surface area (Å²) in [6.45, 7) is 5.31. The van der Waals surface area contributed by atoms with E-state index in [1.54, 1.807) is 19.9 Å². The van der Waals surface area contributed by atoms with Gasteiger partial charge < -0.3 is 15.7 Å². The van der Waals surface area contributed by atoms with Crippen LogP contribution >= 0.6 is 22.6 Å². The van der Waals surface area contributed by atoms with Gasteiger partial charge in [0.1, 0.15) is 11.6 Å². The van der Waals surface area contributed by atoms with Crippen molar-refractivity contribution in [1.29, 1.82) is 5.26 Å². The standard InChI is InChI=1S/C15H18IN3O2/c1-10-6-12(16)4-5-13(10)19-14(21)11(7-17)8-18-15(2,3)9-20/h4-6,8,18,20H,9H2,1-3H3,(H,19,21)/b11-8-. The smallest absolute Gasteiger partial charge is 0.267 e. The van der Waals surface area contributed by atoms with Gasteiger partial charge in [-0.15, -0.1) is 0 Å². The Morgan fingerprint density at radius 1 is 1.52 bits per heavy atom. The van der Waals surface area contributed by atoms with Crippen molar-refractivity contribution in [2.75, 3.05) is 11.9 Å². The van der Waals surface area contributed by atoms with Gasteiger partial charge in [-0.1, -0.05) is 0 Å². The van der Waals surface area contributed by atoms with E-state index in [9.17, 15) is 4.79 Å². The first kappa shape index (κ1) is 17.5. The highest BCUT2D eigenvalue weighted by molar-refractivity contribution is 14.1. The molecular weight excluding hydrogens is 381 g/mol. The number of carbonyl (C=O) groups is 1. The summed E-state index contributed by atoms with van der Waals surface area (Å²) >= 11 is 2.19. The molecule has 1 amide bonds. The molecule has 0 spiro atoms. The maximum atomic E-state index is 12.1. The van der Waals surface area contributed by atoms with Crippen LogP contribution in [-0.4, -0.2) is 23.2 Å². The third-order valence-corrected chi connectivity index (χ3v) is 3.48. The van der Waals surface area contributed by atoms with E-state index in [1.165, 1.54) is 6.20 Å². The summed E-state index contributed by atoms with van der Waals surface area (Å²) in [5.41, 5.74) is 0.954.